The minimum atomic E-state index is 0.724. The van der Waals surface area contributed by atoms with E-state index in [1.54, 1.807) is 0 Å². The van der Waals surface area contributed by atoms with Crippen molar-refractivity contribution >= 4 is 5.69 Å². The summed E-state index contributed by atoms with van der Waals surface area (Å²) in [5, 5.41) is 3.42. The topological polar surface area (TPSA) is 18.5 Å². The molecule has 2 aliphatic rings. The summed E-state index contributed by atoms with van der Waals surface area (Å²) in [6.45, 7) is 6.95. The molecule has 0 aliphatic carbocycles. The molecule has 1 aromatic carbocycles. The van der Waals surface area contributed by atoms with E-state index in [-0.39, 0.29) is 0 Å². The van der Waals surface area contributed by atoms with E-state index in [1.807, 2.05) is 0 Å². The van der Waals surface area contributed by atoms with Gasteiger partial charge in [0.15, 0.2) is 0 Å². The van der Waals surface area contributed by atoms with Crippen molar-refractivity contribution in [2.75, 3.05) is 51.2 Å². The van der Waals surface area contributed by atoms with Crippen molar-refractivity contribution in [1.82, 2.24) is 10.2 Å². The third kappa shape index (κ3) is 3.10. The summed E-state index contributed by atoms with van der Waals surface area (Å²) in [7, 11) is 2.24. The number of hydrogen-bond acceptors (Lipinski definition) is 3. The highest BCUT2D eigenvalue weighted by molar-refractivity contribution is 5.50. The van der Waals surface area contributed by atoms with E-state index in [4.69, 9.17) is 0 Å². The molecule has 0 radical (unpaired) electrons. The number of anilines is 1. The van der Waals surface area contributed by atoms with Gasteiger partial charge in [0, 0.05) is 38.4 Å². The van der Waals surface area contributed by atoms with Gasteiger partial charge in [-0.05, 0) is 50.0 Å². The minimum absolute atomic E-state index is 0.724. The van der Waals surface area contributed by atoms with Crippen LogP contribution in [0.25, 0.3) is 0 Å². The second-order valence-corrected chi connectivity index (χ2v) is 5.93. The maximum atomic E-state index is 3.42. The Morgan fingerprint density at radius 3 is 2.79 bits per heavy atom. The first-order valence-corrected chi connectivity index (χ1v) is 7.57. The fourth-order valence-corrected chi connectivity index (χ4v) is 3.34. The number of likely N-dealkylation sites (N-methyl/N-ethyl adjacent to an activating group) is 1. The smallest absolute Gasteiger partial charge is 0.0369 e. The summed E-state index contributed by atoms with van der Waals surface area (Å²) in [4.78, 5) is 4.97. The molecule has 3 heteroatoms. The van der Waals surface area contributed by atoms with Crippen molar-refractivity contribution in [1.29, 1.82) is 0 Å². The van der Waals surface area contributed by atoms with Crippen LogP contribution < -0.4 is 10.2 Å². The first-order valence-electron chi connectivity index (χ1n) is 7.57. The molecule has 0 aromatic heterocycles. The van der Waals surface area contributed by atoms with Crippen molar-refractivity contribution in [3.63, 3.8) is 0 Å². The van der Waals surface area contributed by atoms with Crippen molar-refractivity contribution in [2.45, 2.75) is 18.8 Å². The molecule has 19 heavy (non-hydrogen) atoms. The van der Waals surface area contributed by atoms with Crippen molar-refractivity contribution in [2.24, 2.45) is 0 Å². The minimum Gasteiger partial charge on any atom is -0.369 e. The normalized spacial score (nSPS) is 25.5. The quantitative estimate of drug-likeness (QED) is 0.875. The van der Waals surface area contributed by atoms with Crippen molar-refractivity contribution in [3.05, 3.63) is 29.8 Å². The van der Waals surface area contributed by atoms with E-state index in [0.717, 1.165) is 32.1 Å². The summed E-state index contributed by atoms with van der Waals surface area (Å²) in [6, 6.07) is 9.24. The molecule has 2 fully saturated rings. The third-order valence-electron chi connectivity index (χ3n) is 4.45. The van der Waals surface area contributed by atoms with E-state index >= 15 is 0 Å². The monoisotopic (exact) mass is 259 g/mol. The average molecular weight is 259 g/mol. The predicted octanol–water partition coefficient (Wildman–Crippen LogP) is 1.91. The lowest BCUT2D eigenvalue weighted by molar-refractivity contribution is 0.251. The van der Waals surface area contributed by atoms with Gasteiger partial charge >= 0.3 is 0 Å². The molecule has 0 bridgehead atoms. The largest absolute Gasteiger partial charge is 0.369 e. The Hall–Kier alpha value is -1.06. The lowest BCUT2D eigenvalue weighted by Gasteiger charge is -2.32. The van der Waals surface area contributed by atoms with Gasteiger partial charge in [-0.3, -0.25) is 0 Å². The van der Waals surface area contributed by atoms with Gasteiger partial charge in [0.25, 0.3) is 0 Å². The molecule has 1 aromatic rings. The molecular formula is C16H25N3. The van der Waals surface area contributed by atoms with Gasteiger partial charge in [0.2, 0.25) is 0 Å². The Balaban J connectivity index is 1.75. The summed E-state index contributed by atoms with van der Waals surface area (Å²) >= 11 is 0. The van der Waals surface area contributed by atoms with Crippen molar-refractivity contribution in [3.8, 4) is 0 Å². The van der Waals surface area contributed by atoms with Crippen LogP contribution in [0.2, 0.25) is 0 Å². The Morgan fingerprint density at radius 1 is 1.16 bits per heavy atom. The fraction of sp³-hybridized carbons (Fsp3) is 0.625. The van der Waals surface area contributed by atoms with E-state index < -0.39 is 0 Å². The number of nitrogens with one attached hydrogen (secondary N) is 1. The SMILES string of the molecule is CN1CCCC(c2cccc(N3CCNCC3)c2)C1. The number of benzene rings is 1. The molecule has 2 aliphatic heterocycles. The van der Waals surface area contributed by atoms with Gasteiger partial charge < -0.3 is 15.1 Å². The van der Waals surface area contributed by atoms with Crippen LogP contribution in [0.4, 0.5) is 5.69 Å². The second-order valence-electron chi connectivity index (χ2n) is 5.93. The zero-order valence-corrected chi connectivity index (χ0v) is 11.9. The van der Waals surface area contributed by atoms with Crippen LogP contribution >= 0.6 is 0 Å². The third-order valence-corrected chi connectivity index (χ3v) is 4.45. The molecule has 0 spiro atoms. The highest BCUT2D eigenvalue weighted by Crippen LogP contribution is 2.29. The molecule has 0 amide bonds. The van der Waals surface area contributed by atoms with E-state index in [9.17, 15) is 0 Å². The van der Waals surface area contributed by atoms with Crippen LogP contribution in [-0.4, -0.2) is 51.2 Å². The summed E-state index contributed by atoms with van der Waals surface area (Å²) in [6.07, 6.45) is 2.67. The number of piperazine rings is 1. The van der Waals surface area contributed by atoms with Gasteiger partial charge in [-0.1, -0.05) is 12.1 Å². The van der Waals surface area contributed by atoms with E-state index in [1.165, 1.54) is 37.2 Å². The molecule has 104 valence electrons. The predicted molar refractivity (Wildman–Crippen MR) is 81.0 cm³/mol. The van der Waals surface area contributed by atoms with Gasteiger partial charge in [0.05, 0.1) is 0 Å². The fourth-order valence-electron chi connectivity index (χ4n) is 3.34. The number of nitrogens with zero attached hydrogens (tertiary/aromatic N) is 2. The van der Waals surface area contributed by atoms with Crippen LogP contribution in [0.15, 0.2) is 24.3 Å². The Morgan fingerprint density at radius 2 is 2.00 bits per heavy atom. The molecule has 1 unspecified atom stereocenters. The highest BCUT2D eigenvalue weighted by atomic mass is 15.2. The Kier molecular flexibility index (Phi) is 4.04. The lowest BCUT2D eigenvalue weighted by atomic mass is 9.90. The molecule has 1 N–H and O–H groups in total. The molecule has 2 saturated heterocycles. The zero-order valence-electron chi connectivity index (χ0n) is 11.9. The van der Waals surface area contributed by atoms with Gasteiger partial charge in [-0.2, -0.15) is 0 Å². The standard InChI is InChI=1S/C16H25N3/c1-18-9-3-5-15(13-18)14-4-2-6-16(12-14)19-10-7-17-8-11-19/h2,4,6,12,15,17H,3,5,7-11,13H2,1H3. The zero-order chi connectivity index (χ0) is 13.1. The molecule has 3 rings (SSSR count). The Bertz CT molecular complexity index is 412. The Labute approximate surface area is 116 Å². The molecule has 0 saturated carbocycles. The summed E-state index contributed by atoms with van der Waals surface area (Å²) in [5.41, 5.74) is 2.94. The first-order chi connectivity index (χ1) is 9.33. The van der Waals surface area contributed by atoms with Gasteiger partial charge in [0.1, 0.15) is 0 Å². The van der Waals surface area contributed by atoms with Gasteiger partial charge in [-0.25, -0.2) is 0 Å². The maximum absolute atomic E-state index is 3.42. The lowest BCUT2D eigenvalue weighted by Crippen LogP contribution is -2.43. The molecule has 1 atom stereocenters. The molecular weight excluding hydrogens is 234 g/mol. The van der Waals surface area contributed by atoms with Crippen LogP contribution in [0, 0.1) is 0 Å². The average Bonchev–Trinajstić information content (AvgIpc) is 2.48. The number of hydrogen-bond donors (Lipinski definition) is 1. The van der Waals surface area contributed by atoms with Gasteiger partial charge in [-0.15, -0.1) is 0 Å². The van der Waals surface area contributed by atoms with Crippen LogP contribution in [-0.2, 0) is 0 Å². The second kappa shape index (κ2) is 5.93. The first kappa shape index (κ1) is 12.9. The number of piperidine rings is 1. The van der Waals surface area contributed by atoms with E-state index in [2.05, 4.69) is 46.4 Å². The number of rotatable bonds is 2. The highest BCUT2D eigenvalue weighted by Gasteiger charge is 2.19. The van der Waals surface area contributed by atoms with Crippen LogP contribution in [0.3, 0.4) is 0 Å². The number of likely N-dealkylation sites (tertiary alicyclic amines) is 1. The van der Waals surface area contributed by atoms with Crippen molar-refractivity contribution < 1.29 is 0 Å². The van der Waals surface area contributed by atoms with E-state index in [0.29, 0.717) is 0 Å². The van der Waals surface area contributed by atoms with Crippen LogP contribution in [0.1, 0.15) is 24.3 Å². The summed E-state index contributed by atoms with van der Waals surface area (Å²) < 4.78 is 0. The maximum Gasteiger partial charge on any atom is 0.0369 e. The molecule has 3 nitrogen and oxygen atoms in total. The molecule has 2 heterocycles. The van der Waals surface area contributed by atoms with Crippen LogP contribution in [0.5, 0.6) is 0 Å². The summed E-state index contributed by atoms with van der Waals surface area (Å²) in [5.74, 6) is 0.724.